The van der Waals surface area contributed by atoms with Gasteiger partial charge in [0.2, 0.25) is 11.2 Å². The van der Waals surface area contributed by atoms with E-state index in [1.54, 1.807) is 35.7 Å². The maximum Gasteiger partial charge on any atom is 0.353 e. The highest BCUT2D eigenvalue weighted by Crippen LogP contribution is 2.27. The predicted molar refractivity (Wildman–Crippen MR) is 116 cm³/mol. The summed E-state index contributed by atoms with van der Waals surface area (Å²) >= 11 is 1.30. The third-order valence-electron chi connectivity index (χ3n) is 4.60. The van der Waals surface area contributed by atoms with E-state index in [9.17, 15) is 9.59 Å². The molecule has 0 aliphatic rings. The quantitative estimate of drug-likeness (QED) is 0.266. The average molecular weight is 414 g/mol. The van der Waals surface area contributed by atoms with E-state index in [1.807, 2.05) is 36.4 Å². The van der Waals surface area contributed by atoms with Crippen LogP contribution < -0.4 is 14.9 Å². The summed E-state index contributed by atoms with van der Waals surface area (Å²) in [6.45, 7) is 0. The molecule has 0 aliphatic heterocycles. The van der Waals surface area contributed by atoms with Crippen molar-refractivity contribution < 1.29 is 18.7 Å². The average Bonchev–Trinajstić information content (AvgIpc) is 3.31. The van der Waals surface area contributed by atoms with Crippen LogP contribution in [-0.2, 0) is 0 Å². The van der Waals surface area contributed by atoms with Crippen molar-refractivity contribution in [3.05, 3.63) is 99.5 Å². The number of carbonyl (C=O) groups is 1. The molecule has 5 rings (SSSR count). The lowest BCUT2D eigenvalue weighted by Gasteiger charge is -2.08. The second-order valence-corrected chi connectivity index (χ2v) is 7.51. The fraction of sp³-hybridized carbons (Fsp3) is 0. The van der Waals surface area contributed by atoms with Crippen LogP contribution in [0.15, 0.2) is 93.7 Å². The lowest BCUT2D eigenvalue weighted by atomic mass is 10.1. The third kappa shape index (κ3) is 3.44. The molecule has 0 saturated carbocycles. The van der Waals surface area contributed by atoms with Crippen LogP contribution in [0.25, 0.3) is 21.7 Å². The Labute approximate surface area is 174 Å². The molecule has 2 aromatic heterocycles. The molecule has 0 bridgehead atoms. The lowest BCUT2D eigenvalue weighted by Crippen LogP contribution is -2.07. The van der Waals surface area contributed by atoms with Gasteiger partial charge in [0.15, 0.2) is 0 Å². The number of esters is 1. The van der Waals surface area contributed by atoms with Crippen LogP contribution in [0.3, 0.4) is 0 Å². The molecule has 0 unspecified atom stereocenters. The Bertz CT molecular complexity index is 1430. The molecule has 0 atom stereocenters. The number of rotatable bonds is 4. The first kappa shape index (κ1) is 18.1. The van der Waals surface area contributed by atoms with Gasteiger partial charge in [-0.05, 0) is 46.5 Å². The van der Waals surface area contributed by atoms with Crippen molar-refractivity contribution in [2.45, 2.75) is 0 Å². The predicted octanol–water partition coefficient (Wildman–Crippen LogP) is 6.02. The molecule has 3 aromatic carbocycles. The van der Waals surface area contributed by atoms with Crippen LogP contribution in [0.5, 0.6) is 17.2 Å². The molecule has 0 aliphatic carbocycles. The first-order valence-electron chi connectivity index (χ1n) is 9.15. The van der Waals surface area contributed by atoms with Gasteiger partial charge in [-0.15, -0.1) is 11.3 Å². The van der Waals surface area contributed by atoms with Gasteiger partial charge < -0.3 is 13.9 Å². The second-order valence-electron chi connectivity index (χ2n) is 6.56. The highest BCUT2D eigenvalue weighted by atomic mass is 32.1. The highest BCUT2D eigenvalue weighted by molar-refractivity contribution is 7.12. The smallest absolute Gasteiger partial charge is 0.353 e. The van der Waals surface area contributed by atoms with E-state index in [-0.39, 0.29) is 11.2 Å². The normalized spacial score (nSPS) is 10.9. The van der Waals surface area contributed by atoms with Gasteiger partial charge in [0.05, 0.1) is 5.39 Å². The first-order valence-corrected chi connectivity index (χ1v) is 10.0. The summed E-state index contributed by atoms with van der Waals surface area (Å²) in [4.78, 5) is 25.4. The lowest BCUT2D eigenvalue weighted by molar-refractivity contribution is 0.0740. The van der Waals surface area contributed by atoms with Gasteiger partial charge in [-0.3, -0.25) is 4.79 Å². The van der Waals surface area contributed by atoms with Crippen LogP contribution in [0.1, 0.15) is 9.67 Å². The van der Waals surface area contributed by atoms with Gasteiger partial charge in [-0.2, -0.15) is 0 Å². The molecular formula is C24H14O5S. The largest absolute Gasteiger partial charge is 0.460 e. The van der Waals surface area contributed by atoms with Crippen molar-refractivity contribution in [1.29, 1.82) is 0 Å². The van der Waals surface area contributed by atoms with Crippen molar-refractivity contribution in [3.8, 4) is 17.2 Å². The van der Waals surface area contributed by atoms with Crippen molar-refractivity contribution in [3.63, 3.8) is 0 Å². The minimum Gasteiger partial charge on any atom is -0.460 e. The number of hydrogen-bond acceptors (Lipinski definition) is 6. The van der Waals surface area contributed by atoms with Crippen LogP contribution in [0, 0.1) is 0 Å². The summed E-state index contributed by atoms with van der Waals surface area (Å²) in [7, 11) is 0. The standard InChI is InChI=1S/C24H14O5S/c25-23-19-10-9-18(29-24(26)22-6-3-11-30-22)13-20(19)27-14-21(23)28-17-8-7-15-4-1-2-5-16(15)12-17/h1-14H. The molecule has 0 spiro atoms. The molecule has 2 heterocycles. The van der Waals surface area contributed by atoms with Crippen LogP contribution >= 0.6 is 11.3 Å². The monoisotopic (exact) mass is 414 g/mol. The van der Waals surface area contributed by atoms with Crippen molar-refractivity contribution >= 4 is 39.0 Å². The summed E-state index contributed by atoms with van der Waals surface area (Å²) in [6, 6.07) is 21.6. The zero-order valence-corrected chi connectivity index (χ0v) is 16.3. The number of ether oxygens (including phenoxy) is 2. The van der Waals surface area contributed by atoms with Crippen LogP contribution in [-0.4, -0.2) is 5.97 Å². The molecule has 0 radical (unpaired) electrons. The molecule has 146 valence electrons. The fourth-order valence-corrected chi connectivity index (χ4v) is 3.73. The first-order chi connectivity index (χ1) is 14.7. The zero-order valence-electron chi connectivity index (χ0n) is 15.5. The number of thiophene rings is 1. The van der Waals surface area contributed by atoms with E-state index < -0.39 is 5.97 Å². The van der Waals surface area contributed by atoms with E-state index in [0.717, 1.165) is 10.8 Å². The third-order valence-corrected chi connectivity index (χ3v) is 5.45. The Morgan fingerprint density at radius 2 is 1.70 bits per heavy atom. The Balaban J connectivity index is 1.43. The highest BCUT2D eigenvalue weighted by Gasteiger charge is 2.13. The minimum absolute atomic E-state index is 0.0844. The molecule has 5 aromatic rings. The van der Waals surface area contributed by atoms with Crippen LogP contribution in [0.2, 0.25) is 0 Å². The molecule has 5 nitrogen and oxygen atoms in total. The molecule has 30 heavy (non-hydrogen) atoms. The zero-order chi connectivity index (χ0) is 20.5. The molecule has 0 amide bonds. The van der Waals surface area contributed by atoms with Gasteiger partial charge in [0, 0.05) is 6.07 Å². The molecule has 0 N–H and O–H groups in total. The molecule has 0 fully saturated rings. The Morgan fingerprint density at radius 1 is 0.867 bits per heavy atom. The van der Waals surface area contributed by atoms with Gasteiger partial charge >= 0.3 is 5.97 Å². The van der Waals surface area contributed by atoms with Crippen molar-refractivity contribution in [1.82, 2.24) is 0 Å². The van der Waals surface area contributed by atoms with E-state index in [0.29, 0.717) is 27.3 Å². The topological polar surface area (TPSA) is 65.7 Å². The minimum atomic E-state index is -0.456. The maximum absolute atomic E-state index is 12.8. The van der Waals surface area contributed by atoms with E-state index in [1.165, 1.54) is 23.7 Å². The van der Waals surface area contributed by atoms with Gasteiger partial charge in [0.1, 0.15) is 28.2 Å². The number of benzene rings is 3. The number of hydrogen-bond donors (Lipinski definition) is 0. The molecular weight excluding hydrogens is 400 g/mol. The van der Waals surface area contributed by atoms with E-state index in [4.69, 9.17) is 13.9 Å². The van der Waals surface area contributed by atoms with E-state index in [2.05, 4.69) is 0 Å². The second kappa shape index (κ2) is 7.50. The summed E-state index contributed by atoms with van der Waals surface area (Å²) in [5, 5.41) is 4.23. The van der Waals surface area contributed by atoms with Gasteiger partial charge in [-0.1, -0.05) is 36.4 Å². The summed E-state index contributed by atoms with van der Waals surface area (Å²) in [5.74, 6) is 0.471. The number of carbonyl (C=O) groups excluding carboxylic acids is 1. The summed E-state index contributed by atoms with van der Waals surface area (Å²) < 4.78 is 16.7. The molecule has 0 saturated heterocycles. The maximum atomic E-state index is 12.8. The van der Waals surface area contributed by atoms with Gasteiger partial charge in [-0.25, -0.2) is 4.79 Å². The fourth-order valence-electron chi connectivity index (χ4n) is 3.13. The summed E-state index contributed by atoms with van der Waals surface area (Å²) in [5.41, 5.74) is 0.00267. The van der Waals surface area contributed by atoms with Crippen molar-refractivity contribution in [2.75, 3.05) is 0 Å². The summed E-state index contributed by atoms with van der Waals surface area (Å²) in [6.07, 6.45) is 1.27. The van der Waals surface area contributed by atoms with E-state index >= 15 is 0 Å². The van der Waals surface area contributed by atoms with Gasteiger partial charge in [0.25, 0.3) is 0 Å². The number of fused-ring (bicyclic) bond motifs is 2. The SMILES string of the molecule is O=C(Oc1ccc2c(=O)c(Oc3ccc4ccccc4c3)coc2c1)c1cccs1. The van der Waals surface area contributed by atoms with Crippen LogP contribution in [0.4, 0.5) is 0 Å². The molecule has 6 heteroatoms. The Kier molecular flexibility index (Phi) is 4.53. The van der Waals surface area contributed by atoms with Crippen molar-refractivity contribution in [2.24, 2.45) is 0 Å². The Morgan fingerprint density at radius 3 is 2.53 bits per heavy atom. The Hall–Kier alpha value is -3.90.